The normalized spacial score (nSPS) is 19.4. The van der Waals surface area contributed by atoms with Crippen LogP contribution in [0, 0.1) is 10.1 Å². The monoisotopic (exact) mass is 505 g/mol. The average Bonchev–Trinajstić information content (AvgIpc) is 3.44. The first-order valence-corrected chi connectivity index (χ1v) is 13.0. The van der Waals surface area contributed by atoms with Gasteiger partial charge in [-0.1, -0.05) is 25.5 Å². The Labute approximate surface area is 217 Å². The van der Waals surface area contributed by atoms with Crippen molar-refractivity contribution >= 4 is 17.2 Å². The summed E-state index contributed by atoms with van der Waals surface area (Å²) in [4.78, 5) is 19.2. The lowest BCUT2D eigenvalue weighted by Crippen LogP contribution is -2.43. The van der Waals surface area contributed by atoms with Crippen LogP contribution in [0.2, 0.25) is 0 Å². The molecule has 2 aromatic carbocycles. The molecule has 0 saturated carbocycles. The van der Waals surface area contributed by atoms with Crippen LogP contribution in [0.5, 0.6) is 11.8 Å². The van der Waals surface area contributed by atoms with Crippen LogP contribution in [0.15, 0.2) is 54.7 Å². The Morgan fingerprint density at radius 1 is 1.16 bits per heavy atom. The highest BCUT2D eigenvalue weighted by Crippen LogP contribution is 2.32. The number of ether oxygens (including phenoxy) is 2. The molecule has 1 aromatic heterocycles. The van der Waals surface area contributed by atoms with Gasteiger partial charge < -0.3 is 29.4 Å². The van der Waals surface area contributed by atoms with Gasteiger partial charge in [0.1, 0.15) is 18.6 Å². The lowest BCUT2D eigenvalue weighted by Gasteiger charge is -2.39. The van der Waals surface area contributed by atoms with E-state index in [2.05, 4.69) is 65.2 Å². The van der Waals surface area contributed by atoms with Crippen LogP contribution in [0.3, 0.4) is 0 Å². The van der Waals surface area contributed by atoms with Gasteiger partial charge in [-0.15, -0.1) is 0 Å². The Kier molecular flexibility index (Phi) is 6.95. The van der Waals surface area contributed by atoms with Crippen molar-refractivity contribution in [2.24, 2.45) is 0 Å². The van der Waals surface area contributed by atoms with Crippen LogP contribution in [0.25, 0.3) is 0 Å². The molecule has 1 atom stereocenters. The molecule has 37 heavy (non-hydrogen) atoms. The molecule has 0 bridgehead atoms. The smallest absolute Gasteiger partial charge is 0.415 e. The zero-order chi connectivity index (χ0) is 26.0. The predicted octanol–water partition coefficient (Wildman–Crippen LogP) is 5.08. The number of hydrogen-bond acceptors (Lipinski definition) is 7. The summed E-state index contributed by atoms with van der Waals surface area (Å²) in [6.45, 7) is 6.95. The molecule has 0 spiro atoms. The topological polar surface area (TPSA) is 85.9 Å². The van der Waals surface area contributed by atoms with E-state index < -0.39 is 10.5 Å². The molecule has 3 heterocycles. The Balaban J connectivity index is 1.10. The zero-order valence-corrected chi connectivity index (χ0v) is 21.8. The second kappa shape index (κ2) is 10.3. The van der Waals surface area contributed by atoms with E-state index in [9.17, 15) is 10.1 Å². The van der Waals surface area contributed by atoms with Crippen LogP contribution >= 0.6 is 0 Å². The number of aryl methyl sites for hydroxylation is 1. The van der Waals surface area contributed by atoms with Gasteiger partial charge in [0.2, 0.25) is 0 Å². The Bertz CT molecular complexity index is 1190. The molecule has 2 aliphatic heterocycles. The number of piperidine rings is 1. The van der Waals surface area contributed by atoms with E-state index in [0.717, 1.165) is 38.1 Å². The van der Waals surface area contributed by atoms with E-state index in [0.29, 0.717) is 19.2 Å². The fraction of sp³-hybridized carbons (Fsp3) is 0.464. The van der Waals surface area contributed by atoms with E-state index in [1.165, 1.54) is 29.6 Å². The first-order chi connectivity index (χ1) is 17.8. The number of nitro groups is 1. The number of aromatic nitrogens is 2. The van der Waals surface area contributed by atoms with Crippen molar-refractivity contribution in [1.29, 1.82) is 0 Å². The third-order valence-electron chi connectivity index (χ3n) is 7.40. The third-order valence-corrected chi connectivity index (χ3v) is 7.40. The highest BCUT2D eigenvalue weighted by Gasteiger charge is 2.41. The lowest BCUT2D eigenvalue weighted by molar-refractivity contribution is -0.389. The molecule has 0 unspecified atom stereocenters. The number of anilines is 2. The number of fused-ring (bicyclic) bond motifs is 1. The van der Waals surface area contributed by atoms with Gasteiger partial charge in [0.25, 0.3) is 0 Å². The van der Waals surface area contributed by atoms with E-state index in [1.54, 1.807) is 4.57 Å². The van der Waals surface area contributed by atoms with E-state index in [-0.39, 0.29) is 11.8 Å². The molecule has 9 nitrogen and oxygen atoms in total. The molecule has 0 aliphatic carbocycles. The maximum absolute atomic E-state index is 10.9. The van der Waals surface area contributed by atoms with Gasteiger partial charge in [-0.3, -0.25) is 4.57 Å². The Morgan fingerprint density at radius 3 is 2.49 bits per heavy atom. The van der Waals surface area contributed by atoms with Crippen molar-refractivity contribution in [3.63, 3.8) is 0 Å². The number of hydrogen-bond donors (Lipinski definition) is 0. The highest BCUT2D eigenvalue weighted by molar-refractivity contribution is 5.51. The molecule has 1 saturated heterocycles. The van der Waals surface area contributed by atoms with Crippen molar-refractivity contribution < 1.29 is 14.4 Å². The number of rotatable bonds is 9. The summed E-state index contributed by atoms with van der Waals surface area (Å²) in [6.07, 6.45) is 5.95. The quantitative estimate of drug-likeness (QED) is 0.296. The van der Waals surface area contributed by atoms with Crippen molar-refractivity contribution in [1.82, 2.24) is 9.55 Å². The van der Waals surface area contributed by atoms with Gasteiger partial charge in [0.05, 0.1) is 6.54 Å². The fourth-order valence-electron chi connectivity index (χ4n) is 5.25. The lowest BCUT2D eigenvalue weighted by atomic mass is 10.0. The maximum Gasteiger partial charge on any atom is 0.415 e. The van der Waals surface area contributed by atoms with Crippen molar-refractivity contribution in [3.05, 3.63) is 70.4 Å². The Hall–Kier alpha value is -3.75. The summed E-state index contributed by atoms with van der Waals surface area (Å²) >= 11 is 0. The van der Waals surface area contributed by atoms with E-state index >= 15 is 0 Å². The zero-order valence-electron chi connectivity index (χ0n) is 21.8. The molecule has 0 radical (unpaired) electrons. The summed E-state index contributed by atoms with van der Waals surface area (Å²) in [5.41, 5.74) is 3.28. The molecular weight excluding hydrogens is 470 g/mol. The van der Waals surface area contributed by atoms with Crippen LogP contribution in [0.4, 0.5) is 17.2 Å². The molecule has 9 heteroatoms. The van der Waals surface area contributed by atoms with Crippen molar-refractivity contribution in [2.75, 3.05) is 36.5 Å². The standard InChI is InChI=1S/C28H35N5O4/c1-4-5-21-6-8-22(9-7-21)30(3)23-14-16-31(17-15-23)24-10-12-25(13-11-24)36-20-28(2)19-32-18-26(33(34)35)29-27(32)37-28/h6-13,18,23H,4-5,14-17,19-20H2,1-3H3/t28-/m1/s1. The van der Waals surface area contributed by atoms with Crippen molar-refractivity contribution in [2.45, 2.75) is 57.7 Å². The number of benzene rings is 2. The fourth-order valence-corrected chi connectivity index (χ4v) is 5.25. The predicted molar refractivity (Wildman–Crippen MR) is 144 cm³/mol. The average molecular weight is 506 g/mol. The van der Waals surface area contributed by atoms with Crippen LogP contribution in [-0.4, -0.2) is 52.9 Å². The number of imidazole rings is 1. The highest BCUT2D eigenvalue weighted by atomic mass is 16.6. The molecule has 0 N–H and O–H groups in total. The van der Waals surface area contributed by atoms with Gasteiger partial charge in [0, 0.05) is 42.5 Å². The van der Waals surface area contributed by atoms with Gasteiger partial charge in [-0.05, 0) is 73.1 Å². The van der Waals surface area contributed by atoms with Gasteiger partial charge in [0.15, 0.2) is 5.60 Å². The van der Waals surface area contributed by atoms with E-state index in [4.69, 9.17) is 9.47 Å². The van der Waals surface area contributed by atoms with E-state index in [1.807, 2.05) is 19.1 Å². The summed E-state index contributed by atoms with van der Waals surface area (Å²) in [7, 11) is 2.21. The minimum absolute atomic E-state index is 0.203. The molecule has 2 aliphatic rings. The minimum atomic E-state index is -0.625. The first-order valence-electron chi connectivity index (χ1n) is 13.0. The molecule has 3 aromatic rings. The SMILES string of the molecule is CCCc1ccc(N(C)C2CCN(c3ccc(OC[C@@]4(C)Cn5cc([N+](=O)[O-])nc5O4)cc3)CC2)cc1. The molecule has 5 rings (SSSR count). The summed E-state index contributed by atoms with van der Waals surface area (Å²) < 4.78 is 13.5. The van der Waals surface area contributed by atoms with Gasteiger partial charge in [-0.25, -0.2) is 0 Å². The van der Waals surface area contributed by atoms with Gasteiger partial charge in [-0.2, -0.15) is 0 Å². The van der Waals surface area contributed by atoms with Crippen molar-refractivity contribution in [3.8, 4) is 11.8 Å². The maximum atomic E-state index is 10.9. The van der Waals surface area contributed by atoms with Crippen LogP contribution in [-0.2, 0) is 13.0 Å². The second-order valence-electron chi connectivity index (χ2n) is 10.3. The summed E-state index contributed by atoms with van der Waals surface area (Å²) in [5, 5.41) is 10.9. The molecule has 0 amide bonds. The van der Waals surface area contributed by atoms with Crippen LogP contribution < -0.4 is 19.3 Å². The molecule has 1 fully saturated rings. The second-order valence-corrected chi connectivity index (χ2v) is 10.3. The summed E-state index contributed by atoms with van der Waals surface area (Å²) in [6, 6.07) is 18.0. The minimum Gasteiger partial charge on any atom is -0.489 e. The first kappa shape index (κ1) is 24.9. The third kappa shape index (κ3) is 5.50. The molecular formula is C28H35N5O4. The van der Waals surface area contributed by atoms with Gasteiger partial charge >= 0.3 is 11.8 Å². The summed E-state index contributed by atoms with van der Waals surface area (Å²) in [5.74, 6) is 0.565. The number of nitrogens with zero attached hydrogens (tertiary/aromatic N) is 5. The Morgan fingerprint density at radius 2 is 1.86 bits per heavy atom. The van der Waals surface area contributed by atoms with Crippen LogP contribution in [0.1, 0.15) is 38.7 Å². The molecule has 196 valence electrons. The largest absolute Gasteiger partial charge is 0.489 e.